The Labute approximate surface area is 277 Å². The Hall–Kier alpha value is -4.25. The molecule has 10 heteroatoms. The third-order valence-corrected chi connectivity index (χ3v) is 8.15. The summed E-state index contributed by atoms with van der Waals surface area (Å²) < 4.78 is 11.3. The number of aliphatic carboxylic acids is 1. The van der Waals surface area contributed by atoms with Crippen LogP contribution in [-0.2, 0) is 16.1 Å². The maximum Gasteiger partial charge on any atom is 0.343 e. The van der Waals surface area contributed by atoms with E-state index in [1.807, 2.05) is 0 Å². The number of aliphatic hydroxyl groups is 1. The van der Waals surface area contributed by atoms with Gasteiger partial charge in [0.1, 0.15) is 17.7 Å². The molecule has 0 spiro atoms. The Morgan fingerprint density at radius 1 is 0.915 bits per heavy atom. The van der Waals surface area contributed by atoms with Crippen LogP contribution in [-0.4, -0.2) is 58.7 Å². The Morgan fingerprint density at radius 2 is 1.62 bits per heavy atom. The number of ether oxygens (including phenoxy) is 2. The van der Waals surface area contributed by atoms with E-state index < -0.39 is 24.7 Å². The molecule has 1 aliphatic heterocycles. The van der Waals surface area contributed by atoms with Crippen LogP contribution in [0, 0.1) is 0 Å². The van der Waals surface area contributed by atoms with E-state index in [1.165, 1.54) is 24.2 Å². The third-order valence-electron chi connectivity index (χ3n) is 8.15. The van der Waals surface area contributed by atoms with Crippen molar-refractivity contribution in [2.75, 3.05) is 25.0 Å². The fraction of sp³-hybridized carbons (Fsp3) is 0.432. The first kappa shape index (κ1) is 35.6. The standard InChI is InChI=1S/C37H47N3O7/c1-2-3-4-5-8-23-46-32-20-14-29(15-21-32)37(45)47-33-18-10-27(11-19-33)25-40(26-35(42)43)36(44)28-12-16-30(17-13-28)39-34(41)24-31-9-6-7-22-38-31/h10-21,31,36,38,44H,2-9,22-26H2,1H3,(H,39,41)(H,42,43). The minimum absolute atomic E-state index is 0.0781. The monoisotopic (exact) mass is 645 g/mol. The lowest BCUT2D eigenvalue weighted by molar-refractivity contribution is -0.142. The number of hydrogen-bond acceptors (Lipinski definition) is 8. The van der Waals surface area contributed by atoms with Crippen molar-refractivity contribution < 1.29 is 34.1 Å². The molecule has 2 unspecified atom stereocenters. The van der Waals surface area contributed by atoms with E-state index in [4.69, 9.17) is 9.47 Å². The average molecular weight is 646 g/mol. The Kier molecular flexibility index (Phi) is 14.2. The summed E-state index contributed by atoms with van der Waals surface area (Å²) in [7, 11) is 0. The molecule has 0 saturated carbocycles. The molecule has 3 aromatic rings. The van der Waals surface area contributed by atoms with Gasteiger partial charge in [0.05, 0.1) is 18.7 Å². The summed E-state index contributed by atoms with van der Waals surface area (Å²) >= 11 is 0. The number of carbonyl (C=O) groups excluding carboxylic acids is 2. The average Bonchev–Trinajstić information content (AvgIpc) is 3.07. The number of amides is 1. The summed E-state index contributed by atoms with van der Waals surface area (Å²) in [6.07, 6.45) is 8.23. The number of carboxylic acids is 1. The number of hydrogen-bond donors (Lipinski definition) is 4. The van der Waals surface area contributed by atoms with Gasteiger partial charge in [0.15, 0.2) is 0 Å². The number of carbonyl (C=O) groups is 3. The number of benzene rings is 3. The number of rotatable bonds is 18. The van der Waals surface area contributed by atoms with E-state index in [0.717, 1.165) is 44.2 Å². The fourth-order valence-corrected chi connectivity index (χ4v) is 5.53. The molecule has 0 aromatic heterocycles. The highest BCUT2D eigenvalue weighted by Crippen LogP contribution is 2.24. The maximum atomic E-state index is 12.7. The number of anilines is 1. The Bertz CT molecular complexity index is 1410. The number of unbranched alkanes of at least 4 members (excludes halogenated alkanes) is 4. The number of aliphatic hydroxyl groups excluding tert-OH is 1. The molecule has 47 heavy (non-hydrogen) atoms. The predicted octanol–water partition coefficient (Wildman–Crippen LogP) is 6.30. The highest BCUT2D eigenvalue weighted by atomic mass is 16.5. The molecular weight excluding hydrogens is 598 g/mol. The van der Waals surface area contributed by atoms with Crippen LogP contribution >= 0.6 is 0 Å². The van der Waals surface area contributed by atoms with Gasteiger partial charge in [-0.15, -0.1) is 0 Å². The molecule has 252 valence electrons. The van der Waals surface area contributed by atoms with Crippen LogP contribution in [0.25, 0.3) is 0 Å². The Morgan fingerprint density at radius 3 is 2.28 bits per heavy atom. The minimum atomic E-state index is -1.20. The van der Waals surface area contributed by atoms with Gasteiger partial charge < -0.3 is 30.3 Å². The van der Waals surface area contributed by atoms with Crippen molar-refractivity contribution in [3.63, 3.8) is 0 Å². The first-order chi connectivity index (χ1) is 22.8. The molecule has 2 atom stereocenters. The van der Waals surface area contributed by atoms with E-state index in [2.05, 4.69) is 17.6 Å². The molecule has 3 aromatic carbocycles. The van der Waals surface area contributed by atoms with Gasteiger partial charge in [-0.2, -0.15) is 0 Å². The van der Waals surface area contributed by atoms with Gasteiger partial charge in [0.25, 0.3) is 0 Å². The van der Waals surface area contributed by atoms with Crippen molar-refractivity contribution in [3.8, 4) is 11.5 Å². The van der Waals surface area contributed by atoms with Gasteiger partial charge in [0.2, 0.25) is 5.91 Å². The van der Waals surface area contributed by atoms with Gasteiger partial charge in [-0.1, -0.05) is 63.3 Å². The molecule has 1 amide bonds. The number of esters is 1. The lowest BCUT2D eigenvalue weighted by Crippen LogP contribution is -2.36. The van der Waals surface area contributed by atoms with Crippen molar-refractivity contribution in [2.24, 2.45) is 0 Å². The van der Waals surface area contributed by atoms with Crippen LogP contribution < -0.4 is 20.1 Å². The van der Waals surface area contributed by atoms with E-state index in [9.17, 15) is 24.6 Å². The second kappa shape index (κ2) is 18.8. The predicted molar refractivity (Wildman–Crippen MR) is 180 cm³/mol. The van der Waals surface area contributed by atoms with Gasteiger partial charge in [-0.05, 0) is 85.5 Å². The molecular formula is C37H47N3O7. The van der Waals surface area contributed by atoms with E-state index in [0.29, 0.717) is 41.3 Å². The van der Waals surface area contributed by atoms with Gasteiger partial charge in [-0.25, -0.2) is 4.79 Å². The number of nitrogens with zero attached hydrogens (tertiary/aromatic N) is 1. The normalized spacial score (nSPS) is 15.2. The molecule has 10 nitrogen and oxygen atoms in total. The van der Waals surface area contributed by atoms with E-state index in [-0.39, 0.29) is 18.5 Å². The summed E-state index contributed by atoms with van der Waals surface area (Å²) in [5.74, 6) is -0.617. The smallest absolute Gasteiger partial charge is 0.343 e. The topological polar surface area (TPSA) is 137 Å². The quantitative estimate of drug-likeness (QED) is 0.0543. The van der Waals surface area contributed by atoms with Crippen LogP contribution in [0.1, 0.15) is 92.4 Å². The van der Waals surface area contributed by atoms with E-state index in [1.54, 1.807) is 72.8 Å². The second-order valence-corrected chi connectivity index (χ2v) is 12.0. The molecule has 4 rings (SSSR count). The molecule has 1 saturated heterocycles. The highest BCUT2D eigenvalue weighted by molar-refractivity contribution is 5.91. The molecule has 0 aliphatic carbocycles. The lowest BCUT2D eigenvalue weighted by atomic mass is 10.0. The van der Waals surface area contributed by atoms with Crippen LogP contribution in [0.15, 0.2) is 72.8 Å². The molecule has 4 N–H and O–H groups in total. The van der Waals surface area contributed by atoms with Gasteiger partial charge >= 0.3 is 11.9 Å². The summed E-state index contributed by atoms with van der Waals surface area (Å²) in [5, 5.41) is 26.9. The molecule has 0 radical (unpaired) electrons. The third kappa shape index (κ3) is 12.1. The van der Waals surface area contributed by atoms with Gasteiger partial charge in [-0.3, -0.25) is 14.5 Å². The van der Waals surface area contributed by atoms with Crippen molar-refractivity contribution in [1.82, 2.24) is 10.2 Å². The van der Waals surface area contributed by atoms with Crippen molar-refractivity contribution in [1.29, 1.82) is 0 Å². The first-order valence-electron chi connectivity index (χ1n) is 16.6. The number of carboxylic acid groups (broad SMARTS) is 1. The second-order valence-electron chi connectivity index (χ2n) is 12.0. The van der Waals surface area contributed by atoms with Crippen molar-refractivity contribution >= 4 is 23.5 Å². The number of piperidine rings is 1. The van der Waals surface area contributed by atoms with Crippen LogP contribution in [0.3, 0.4) is 0 Å². The summed E-state index contributed by atoms with van der Waals surface area (Å²) in [6, 6.07) is 20.5. The minimum Gasteiger partial charge on any atom is -0.494 e. The molecule has 0 bridgehead atoms. The van der Waals surface area contributed by atoms with Crippen molar-refractivity contribution in [2.45, 2.75) is 83.5 Å². The van der Waals surface area contributed by atoms with Crippen LogP contribution in [0.4, 0.5) is 5.69 Å². The zero-order valence-corrected chi connectivity index (χ0v) is 27.2. The molecule has 1 fully saturated rings. The van der Waals surface area contributed by atoms with Crippen molar-refractivity contribution in [3.05, 3.63) is 89.5 Å². The zero-order chi connectivity index (χ0) is 33.4. The van der Waals surface area contributed by atoms with E-state index >= 15 is 0 Å². The van der Waals surface area contributed by atoms with Crippen LogP contribution in [0.5, 0.6) is 11.5 Å². The summed E-state index contributed by atoms with van der Waals surface area (Å²) in [6.45, 7) is 3.50. The summed E-state index contributed by atoms with van der Waals surface area (Å²) in [4.78, 5) is 38.2. The first-order valence-corrected chi connectivity index (χ1v) is 16.6. The highest BCUT2D eigenvalue weighted by Gasteiger charge is 2.22. The molecule has 1 heterocycles. The van der Waals surface area contributed by atoms with Crippen LogP contribution in [0.2, 0.25) is 0 Å². The summed E-state index contributed by atoms with van der Waals surface area (Å²) in [5.41, 5.74) is 2.22. The SMILES string of the molecule is CCCCCCCOc1ccc(C(=O)Oc2ccc(CN(CC(=O)O)C(O)c3ccc(NC(=O)CC4CCCCN4)cc3)cc2)cc1. The lowest BCUT2D eigenvalue weighted by Gasteiger charge is -2.27. The zero-order valence-electron chi connectivity index (χ0n) is 27.2. The largest absolute Gasteiger partial charge is 0.494 e. The number of nitrogens with one attached hydrogen (secondary N) is 2. The fourth-order valence-electron chi connectivity index (χ4n) is 5.53. The Balaban J connectivity index is 1.28. The van der Waals surface area contributed by atoms with Gasteiger partial charge in [0, 0.05) is 24.7 Å². The maximum absolute atomic E-state index is 12.7. The molecule has 1 aliphatic rings.